The largest absolute Gasteiger partial charge is 0.497 e. The lowest BCUT2D eigenvalue weighted by Gasteiger charge is -2.17. The van der Waals surface area contributed by atoms with Crippen LogP contribution < -0.4 is 10.3 Å². The SMILES string of the molecule is C=CCn1c(O)c(C(=O)CN2C(=O)/C(=C/c3ccc(OC)cc3)SC2=S)c(C)c(C#N)c1=O. The third kappa shape index (κ3) is 4.60. The number of pyridine rings is 1. The molecule has 0 bridgehead atoms. The number of hydrogen-bond acceptors (Lipinski definition) is 8. The van der Waals surface area contributed by atoms with Gasteiger partial charge in [-0.3, -0.25) is 23.9 Å². The number of hydrogen-bond donors (Lipinski definition) is 1. The van der Waals surface area contributed by atoms with Gasteiger partial charge >= 0.3 is 0 Å². The van der Waals surface area contributed by atoms with Crippen LogP contribution in [0.1, 0.15) is 27.0 Å². The van der Waals surface area contributed by atoms with Crippen molar-refractivity contribution >= 4 is 46.1 Å². The first-order valence-corrected chi connectivity index (χ1v) is 10.9. The van der Waals surface area contributed by atoms with Gasteiger partial charge in [0.05, 0.1) is 24.1 Å². The summed E-state index contributed by atoms with van der Waals surface area (Å²) in [5.41, 5.74) is -0.392. The molecule has 168 valence electrons. The number of rotatable bonds is 7. The van der Waals surface area contributed by atoms with E-state index in [0.29, 0.717) is 10.7 Å². The molecule has 0 spiro atoms. The number of aromatic nitrogens is 1. The van der Waals surface area contributed by atoms with Gasteiger partial charge in [0.2, 0.25) is 5.88 Å². The molecule has 8 nitrogen and oxygen atoms in total. The second-order valence-electron chi connectivity index (χ2n) is 6.98. The summed E-state index contributed by atoms with van der Waals surface area (Å²) in [5, 5.41) is 20.0. The Morgan fingerprint density at radius 1 is 1.33 bits per heavy atom. The third-order valence-electron chi connectivity index (χ3n) is 4.98. The Kier molecular flexibility index (Phi) is 7.16. The molecule has 1 amide bonds. The van der Waals surface area contributed by atoms with E-state index in [1.54, 1.807) is 43.5 Å². The van der Waals surface area contributed by atoms with E-state index in [4.69, 9.17) is 17.0 Å². The van der Waals surface area contributed by atoms with Crippen LogP contribution in [-0.4, -0.2) is 44.2 Å². The monoisotopic (exact) mass is 481 g/mol. The molecule has 1 saturated heterocycles. The molecule has 1 fully saturated rings. The minimum Gasteiger partial charge on any atom is -0.497 e. The van der Waals surface area contributed by atoms with Crippen LogP contribution in [0.5, 0.6) is 11.6 Å². The van der Waals surface area contributed by atoms with Crippen LogP contribution in [0.15, 0.2) is 46.6 Å². The fourth-order valence-electron chi connectivity index (χ4n) is 3.29. The molecule has 1 N–H and O–H groups in total. The lowest BCUT2D eigenvalue weighted by atomic mass is 10.0. The molecule has 1 aromatic carbocycles. The smallest absolute Gasteiger partial charge is 0.271 e. The lowest BCUT2D eigenvalue weighted by molar-refractivity contribution is -0.121. The van der Waals surface area contributed by atoms with Gasteiger partial charge in [-0.05, 0) is 36.3 Å². The van der Waals surface area contributed by atoms with Crippen molar-refractivity contribution in [2.45, 2.75) is 13.5 Å². The molecule has 0 aliphatic carbocycles. The van der Waals surface area contributed by atoms with Crippen LogP contribution in [0.25, 0.3) is 6.08 Å². The number of benzene rings is 1. The molecule has 3 rings (SSSR count). The predicted molar refractivity (Wildman–Crippen MR) is 129 cm³/mol. The Balaban J connectivity index is 1.92. The van der Waals surface area contributed by atoms with Crippen LogP contribution >= 0.6 is 24.0 Å². The number of Topliss-reactive ketones (excluding diaryl/α,β-unsaturated/α-hetero) is 1. The predicted octanol–water partition coefficient (Wildman–Crippen LogP) is 3.01. The molecule has 10 heteroatoms. The van der Waals surface area contributed by atoms with E-state index in [2.05, 4.69) is 6.58 Å². The molecule has 1 aliphatic heterocycles. The van der Waals surface area contributed by atoms with E-state index >= 15 is 0 Å². The van der Waals surface area contributed by atoms with Crippen molar-refractivity contribution in [2.24, 2.45) is 0 Å². The lowest BCUT2D eigenvalue weighted by Crippen LogP contribution is -2.35. The molecule has 2 aromatic rings. The quantitative estimate of drug-likeness (QED) is 0.278. The highest BCUT2D eigenvalue weighted by atomic mass is 32.2. The molecular weight excluding hydrogens is 462 g/mol. The number of ether oxygens (including phenoxy) is 1. The minimum absolute atomic E-state index is 0.0459. The van der Waals surface area contributed by atoms with Crippen LogP contribution in [-0.2, 0) is 11.3 Å². The molecule has 0 saturated carbocycles. The number of amides is 1. The van der Waals surface area contributed by atoms with Gasteiger partial charge in [-0.2, -0.15) is 5.26 Å². The Bertz CT molecular complexity index is 1300. The number of ketones is 1. The zero-order valence-corrected chi connectivity index (χ0v) is 19.5. The average Bonchev–Trinajstić information content (AvgIpc) is 3.05. The highest BCUT2D eigenvalue weighted by molar-refractivity contribution is 8.26. The van der Waals surface area contributed by atoms with Crippen LogP contribution in [0, 0.1) is 18.3 Å². The number of nitriles is 1. The van der Waals surface area contributed by atoms with Crippen molar-refractivity contribution in [1.82, 2.24) is 9.47 Å². The summed E-state index contributed by atoms with van der Waals surface area (Å²) < 4.78 is 6.19. The van der Waals surface area contributed by atoms with E-state index in [0.717, 1.165) is 26.8 Å². The number of methoxy groups -OCH3 is 1. The molecule has 2 heterocycles. The maximum atomic E-state index is 13.1. The van der Waals surface area contributed by atoms with E-state index in [-0.39, 0.29) is 27.6 Å². The van der Waals surface area contributed by atoms with Crippen molar-refractivity contribution in [1.29, 1.82) is 5.26 Å². The summed E-state index contributed by atoms with van der Waals surface area (Å²) in [6.45, 7) is 4.38. The van der Waals surface area contributed by atoms with Crippen LogP contribution in [0.4, 0.5) is 0 Å². The molecule has 33 heavy (non-hydrogen) atoms. The second-order valence-corrected chi connectivity index (χ2v) is 8.65. The van der Waals surface area contributed by atoms with Crippen molar-refractivity contribution in [2.75, 3.05) is 13.7 Å². The normalized spacial score (nSPS) is 14.5. The molecule has 1 aromatic heterocycles. The first-order chi connectivity index (χ1) is 15.7. The molecular formula is C23H19N3O5S2. The molecule has 0 atom stereocenters. The van der Waals surface area contributed by atoms with Crippen LogP contribution in [0.3, 0.4) is 0 Å². The van der Waals surface area contributed by atoms with Gasteiger partial charge in [-0.25, -0.2) is 0 Å². The first kappa shape index (κ1) is 24.0. The minimum atomic E-state index is -0.725. The summed E-state index contributed by atoms with van der Waals surface area (Å²) >= 11 is 6.35. The van der Waals surface area contributed by atoms with Gasteiger partial charge < -0.3 is 9.84 Å². The fourth-order valence-corrected chi connectivity index (χ4v) is 4.55. The highest BCUT2D eigenvalue weighted by Crippen LogP contribution is 2.33. The number of nitrogens with zero attached hydrogens (tertiary/aromatic N) is 3. The number of allylic oxidation sites excluding steroid dienone is 1. The fraction of sp³-hybridized carbons (Fsp3) is 0.174. The zero-order valence-electron chi connectivity index (χ0n) is 17.8. The number of carbonyl (C=O) groups is 2. The summed E-state index contributed by atoms with van der Waals surface area (Å²) in [4.78, 5) is 39.9. The second kappa shape index (κ2) is 9.85. The van der Waals surface area contributed by atoms with E-state index in [1.165, 1.54) is 13.0 Å². The van der Waals surface area contributed by atoms with Gasteiger partial charge in [0.15, 0.2) is 5.78 Å². The molecule has 0 unspecified atom stereocenters. The number of thioether (sulfide) groups is 1. The van der Waals surface area contributed by atoms with Gasteiger partial charge in [-0.1, -0.05) is 42.2 Å². The van der Waals surface area contributed by atoms with Crippen molar-refractivity contribution < 1.29 is 19.4 Å². The Hall–Kier alpha value is -3.68. The maximum absolute atomic E-state index is 13.1. The summed E-state index contributed by atoms with van der Waals surface area (Å²) in [7, 11) is 1.56. The zero-order chi connectivity index (χ0) is 24.3. The highest BCUT2D eigenvalue weighted by Gasteiger charge is 2.35. The van der Waals surface area contributed by atoms with Crippen LogP contribution in [0.2, 0.25) is 0 Å². The van der Waals surface area contributed by atoms with Crippen molar-refractivity contribution in [3.63, 3.8) is 0 Å². The van der Waals surface area contributed by atoms with E-state index < -0.39 is 29.7 Å². The van der Waals surface area contributed by atoms with Gasteiger partial charge in [0.1, 0.15) is 21.7 Å². The Morgan fingerprint density at radius 3 is 2.58 bits per heavy atom. The summed E-state index contributed by atoms with van der Waals surface area (Å²) in [5.74, 6) is -1.01. The van der Waals surface area contributed by atoms with E-state index in [1.807, 2.05) is 0 Å². The van der Waals surface area contributed by atoms with Crippen molar-refractivity contribution in [3.8, 4) is 17.7 Å². The number of aromatic hydroxyl groups is 1. The topological polar surface area (TPSA) is 113 Å². The third-order valence-corrected chi connectivity index (χ3v) is 6.36. The Morgan fingerprint density at radius 2 is 2.00 bits per heavy atom. The molecule has 0 radical (unpaired) electrons. The average molecular weight is 482 g/mol. The maximum Gasteiger partial charge on any atom is 0.271 e. The molecule has 1 aliphatic rings. The summed E-state index contributed by atoms with van der Waals surface area (Å²) in [6, 6.07) is 8.86. The summed E-state index contributed by atoms with van der Waals surface area (Å²) in [6.07, 6.45) is 3.02. The number of thiocarbonyl (C=S) groups is 1. The van der Waals surface area contributed by atoms with Crippen molar-refractivity contribution in [3.05, 3.63) is 74.4 Å². The number of carbonyl (C=O) groups excluding carboxylic acids is 2. The Labute approximate surface area is 199 Å². The first-order valence-electron chi connectivity index (χ1n) is 9.63. The van der Waals surface area contributed by atoms with Gasteiger partial charge in [0.25, 0.3) is 11.5 Å². The van der Waals surface area contributed by atoms with Gasteiger partial charge in [0, 0.05) is 6.54 Å². The van der Waals surface area contributed by atoms with E-state index in [9.17, 15) is 24.8 Å². The van der Waals surface area contributed by atoms with Gasteiger partial charge in [-0.15, -0.1) is 6.58 Å². The standard InChI is InChI=1S/C23H19N3O5S2/c1-4-9-25-20(28)16(11-24)13(2)19(22(25)30)17(27)12-26-21(29)18(33-23(26)32)10-14-5-7-15(31-3)8-6-14/h4-8,10,30H,1,9,12H2,2-3H3/b18-10-.